The Kier molecular flexibility index (Phi) is 10.4. The fourth-order valence-corrected chi connectivity index (χ4v) is 5.04. The van der Waals surface area contributed by atoms with Gasteiger partial charge in [-0.3, -0.25) is 0 Å². The standard InChI is InChI=1S/C23H44O/c1-3-5-6-7-20-8-10-21(11-9-20)12-13-22-14-16-23(17-15-22)19-24-18-4-2/h20-23H,3-19H2,1-2H3. The predicted octanol–water partition coefficient (Wildman–Crippen LogP) is 7.39. The zero-order valence-electron chi connectivity index (χ0n) is 16.7. The molecule has 2 rings (SSSR count). The molecule has 0 spiro atoms. The van der Waals surface area contributed by atoms with Crippen LogP contribution in [0.5, 0.6) is 0 Å². The van der Waals surface area contributed by atoms with E-state index in [1.54, 1.807) is 0 Å². The van der Waals surface area contributed by atoms with Crippen LogP contribution in [0.2, 0.25) is 0 Å². The lowest BCUT2D eigenvalue weighted by atomic mass is 9.75. The molecule has 0 saturated heterocycles. The van der Waals surface area contributed by atoms with Crippen LogP contribution in [0.1, 0.15) is 110 Å². The summed E-state index contributed by atoms with van der Waals surface area (Å²) in [6.45, 7) is 6.52. The molecule has 2 saturated carbocycles. The molecule has 1 heteroatoms. The molecule has 0 aromatic rings. The van der Waals surface area contributed by atoms with Gasteiger partial charge < -0.3 is 4.74 Å². The Labute approximate surface area is 152 Å². The van der Waals surface area contributed by atoms with Crippen LogP contribution < -0.4 is 0 Å². The minimum Gasteiger partial charge on any atom is -0.381 e. The maximum atomic E-state index is 5.76. The summed E-state index contributed by atoms with van der Waals surface area (Å²) in [5.74, 6) is 4.05. The average molecular weight is 337 g/mol. The van der Waals surface area contributed by atoms with Gasteiger partial charge in [0.1, 0.15) is 0 Å². The Hall–Kier alpha value is -0.0400. The smallest absolute Gasteiger partial charge is 0.0494 e. The maximum absolute atomic E-state index is 5.76. The van der Waals surface area contributed by atoms with Gasteiger partial charge in [-0.1, -0.05) is 90.9 Å². The maximum Gasteiger partial charge on any atom is 0.0494 e. The lowest BCUT2D eigenvalue weighted by Crippen LogP contribution is -2.20. The molecule has 0 unspecified atom stereocenters. The van der Waals surface area contributed by atoms with Crippen molar-refractivity contribution >= 4 is 0 Å². The van der Waals surface area contributed by atoms with E-state index in [9.17, 15) is 0 Å². The van der Waals surface area contributed by atoms with E-state index in [1.807, 2.05) is 0 Å². The van der Waals surface area contributed by atoms with Crippen molar-refractivity contribution in [3.63, 3.8) is 0 Å². The SMILES string of the molecule is CCCCCC1CCC(CCC2CCC(COCCC)CC2)CC1. The molecule has 0 N–H and O–H groups in total. The van der Waals surface area contributed by atoms with Crippen LogP contribution in [-0.2, 0) is 4.74 Å². The minimum absolute atomic E-state index is 0.867. The van der Waals surface area contributed by atoms with E-state index in [2.05, 4.69) is 13.8 Å². The summed E-state index contributed by atoms with van der Waals surface area (Å²) in [7, 11) is 0. The Balaban J connectivity index is 1.49. The van der Waals surface area contributed by atoms with Crippen LogP contribution >= 0.6 is 0 Å². The summed E-state index contributed by atoms with van der Waals surface area (Å²) < 4.78 is 5.76. The number of hydrogen-bond donors (Lipinski definition) is 0. The van der Waals surface area contributed by atoms with Crippen molar-refractivity contribution in [1.82, 2.24) is 0 Å². The van der Waals surface area contributed by atoms with Gasteiger partial charge in [-0.05, 0) is 42.9 Å². The molecule has 0 aliphatic heterocycles. The van der Waals surface area contributed by atoms with Gasteiger partial charge in [0.25, 0.3) is 0 Å². The van der Waals surface area contributed by atoms with Gasteiger partial charge in [-0.15, -0.1) is 0 Å². The van der Waals surface area contributed by atoms with Crippen LogP contribution in [0.4, 0.5) is 0 Å². The zero-order valence-corrected chi connectivity index (χ0v) is 16.7. The molecule has 0 amide bonds. The molecule has 0 bridgehead atoms. The summed E-state index contributed by atoms with van der Waals surface area (Å²) in [5.41, 5.74) is 0. The highest BCUT2D eigenvalue weighted by Crippen LogP contribution is 2.37. The number of ether oxygens (including phenoxy) is 1. The molecular formula is C23H44O. The van der Waals surface area contributed by atoms with Crippen molar-refractivity contribution < 1.29 is 4.74 Å². The van der Waals surface area contributed by atoms with Gasteiger partial charge in [0.15, 0.2) is 0 Å². The van der Waals surface area contributed by atoms with Gasteiger partial charge >= 0.3 is 0 Å². The number of hydrogen-bond acceptors (Lipinski definition) is 1. The Morgan fingerprint density at radius 2 is 1.08 bits per heavy atom. The minimum atomic E-state index is 0.867. The van der Waals surface area contributed by atoms with Crippen LogP contribution in [0.25, 0.3) is 0 Å². The molecule has 1 nitrogen and oxygen atoms in total. The van der Waals surface area contributed by atoms with E-state index in [-0.39, 0.29) is 0 Å². The third-order valence-electron chi connectivity index (χ3n) is 6.83. The molecule has 0 atom stereocenters. The normalized spacial score (nSPS) is 31.2. The Bertz CT molecular complexity index is 254. The number of unbranched alkanes of at least 4 members (excludes halogenated alkanes) is 2. The summed E-state index contributed by atoms with van der Waals surface area (Å²) in [5, 5.41) is 0. The van der Waals surface area contributed by atoms with Crippen molar-refractivity contribution in [2.75, 3.05) is 13.2 Å². The topological polar surface area (TPSA) is 9.23 Å². The Morgan fingerprint density at radius 1 is 0.583 bits per heavy atom. The first kappa shape index (κ1) is 20.3. The molecule has 2 aliphatic rings. The summed E-state index contributed by atoms with van der Waals surface area (Å²) in [6.07, 6.45) is 22.0. The third kappa shape index (κ3) is 7.89. The fourth-order valence-electron chi connectivity index (χ4n) is 5.04. The molecule has 2 fully saturated rings. The fraction of sp³-hybridized carbons (Fsp3) is 1.00. The molecule has 0 heterocycles. The van der Waals surface area contributed by atoms with Crippen LogP contribution in [0, 0.1) is 23.7 Å². The van der Waals surface area contributed by atoms with Gasteiger partial charge in [0.2, 0.25) is 0 Å². The quantitative estimate of drug-likeness (QED) is 0.357. The summed E-state index contributed by atoms with van der Waals surface area (Å²) in [6, 6.07) is 0. The molecule has 0 aromatic heterocycles. The van der Waals surface area contributed by atoms with Crippen molar-refractivity contribution in [1.29, 1.82) is 0 Å². The molecule has 2 aliphatic carbocycles. The van der Waals surface area contributed by atoms with E-state index in [4.69, 9.17) is 4.74 Å². The first-order chi connectivity index (χ1) is 11.8. The van der Waals surface area contributed by atoms with Gasteiger partial charge in [-0.25, -0.2) is 0 Å². The van der Waals surface area contributed by atoms with Crippen molar-refractivity contribution in [3.8, 4) is 0 Å². The molecule has 142 valence electrons. The first-order valence-electron chi connectivity index (χ1n) is 11.4. The van der Waals surface area contributed by atoms with E-state index >= 15 is 0 Å². The molecule has 24 heavy (non-hydrogen) atoms. The highest BCUT2D eigenvalue weighted by atomic mass is 16.5. The van der Waals surface area contributed by atoms with E-state index in [0.29, 0.717) is 0 Å². The highest BCUT2D eigenvalue weighted by Gasteiger charge is 2.24. The van der Waals surface area contributed by atoms with E-state index in [1.165, 1.54) is 89.9 Å². The van der Waals surface area contributed by atoms with Crippen molar-refractivity contribution in [2.24, 2.45) is 23.7 Å². The first-order valence-corrected chi connectivity index (χ1v) is 11.4. The Morgan fingerprint density at radius 3 is 1.58 bits per heavy atom. The second-order valence-electron chi connectivity index (χ2n) is 8.92. The third-order valence-corrected chi connectivity index (χ3v) is 6.83. The van der Waals surface area contributed by atoms with E-state index in [0.717, 1.165) is 43.3 Å². The lowest BCUT2D eigenvalue weighted by molar-refractivity contribution is 0.0763. The van der Waals surface area contributed by atoms with Crippen LogP contribution in [-0.4, -0.2) is 13.2 Å². The van der Waals surface area contributed by atoms with Gasteiger partial charge in [0.05, 0.1) is 0 Å². The monoisotopic (exact) mass is 336 g/mol. The number of rotatable bonds is 11. The largest absolute Gasteiger partial charge is 0.381 e. The van der Waals surface area contributed by atoms with Crippen LogP contribution in [0.15, 0.2) is 0 Å². The summed E-state index contributed by atoms with van der Waals surface area (Å²) in [4.78, 5) is 0. The second-order valence-corrected chi connectivity index (χ2v) is 8.92. The van der Waals surface area contributed by atoms with Gasteiger partial charge in [-0.2, -0.15) is 0 Å². The molecule has 0 aromatic carbocycles. The van der Waals surface area contributed by atoms with E-state index < -0.39 is 0 Å². The molecule has 0 radical (unpaired) electrons. The van der Waals surface area contributed by atoms with Crippen LogP contribution in [0.3, 0.4) is 0 Å². The average Bonchev–Trinajstić information content (AvgIpc) is 2.63. The highest BCUT2D eigenvalue weighted by molar-refractivity contribution is 4.76. The second kappa shape index (κ2) is 12.3. The summed E-state index contributed by atoms with van der Waals surface area (Å²) >= 11 is 0. The van der Waals surface area contributed by atoms with Crippen molar-refractivity contribution in [2.45, 2.75) is 110 Å². The predicted molar refractivity (Wildman–Crippen MR) is 105 cm³/mol. The molecular weight excluding hydrogens is 292 g/mol. The van der Waals surface area contributed by atoms with Gasteiger partial charge in [0, 0.05) is 13.2 Å². The van der Waals surface area contributed by atoms with Crippen molar-refractivity contribution in [3.05, 3.63) is 0 Å². The zero-order chi connectivity index (χ0) is 17.0. The lowest BCUT2D eigenvalue weighted by Gasteiger charge is -2.32.